The van der Waals surface area contributed by atoms with Crippen molar-refractivity contribution in [3.63, 3.8) is 0 Å². The van der Waals surface area contributed by atoms with Crippen LogP contribution in [0.4, 0.5) is 0 Å². The average molecular weight is 289 g/mol. The summed E-state index contributed by atoms with van der Waals surface area (Å²) in [5, 5.41) is 12.4. The van der Waals surface area contributed by atoms with Crippen LogP contribution in [0.5, 0.6) is 0 Å². The van der Waals surface area contributed by atoms with Crippen molar-refractivity contribution in [2.75, 3.05) is 26.9 Å². The van der Waals surface area contributed by atoms with Crippen LogP contribution in [0.25, 0.3) is 0 Å². The molecule has 0 aromatic carbocycles. The Kier molecular flexibility index (Phi) is 9.01. The highest BCUT2D eigenvalue weighted by Crippen LogP contribution is 2.15. The number of rotatable bonds is 12. The largest absolute Gasteiger partial charge is 0.480 e. The summed E-state index contributed by atoms with van der Waals surface area (Å²) in [6.07, 6.45) is 3.04. The van der Waals surface area contributed by atoms with Crippen LogP contribution in [0.3, 0.4) is 0 Å². The Morgan fingerprint density at radius 2 is 1.85 bits per heavy atom. The molecule has 2 N–H and O–H groups in total. The van der Waals surface area contributed by atoms with Gasteiger partial charge in [-0.25, -0.2) is 0 Å². The molecule has 5 heteroatoms. The van der Waals surface area contributed by atoms with Gasteiger partial charge in [0.05, 0.1) is 5.60 Å². The van der Waals surface area contributed by atoms with Crippen molar-refractivity contribution < 1.29 is 19.4 Å². The standard InChI is InChI=1S/C15H31NO4/c1-6-10-16-15(4,13(17)18)8-7-11-20-12-9-14(2,3)19-5/h16H,6-12H2,1-5H3,(H,17,18). The molecule has 0 heterocycles. The summed E-state index contributed by atoms with van der Waals surface area (Å²) in [6, 6.07) is 0. The molecule has 0 fully saturated rings. The zero-order chi connectivity index (χ0) is 15.6. The molecular weight excluding hydrogens is 258 g/mol. The fraction of sp³-hybridized carbons (Fsp3) is 0.933. The van der Waals surface area contributed by atoms with Gasteiger partial charge in [-0.05, 0) is 53.0 Å². The SMILES string of the molecule is CCCNC(C)(CCCOCCC(C)(C)OC)C(=O)O. The quantitative estimate of drug-likeness (QED) is 0.540. The second kappa shape index (κ2) is 9.32. The number of methoxy groups -OCH3 is 1. The minimum absolute atomic E-state index is 0.168. The van der Waals surface area contributed by atoms with Crippen molar-refractivity contribution in [3.8, 4) is 0 Å². The van der Waals surface area contributed by atoms with Gasteiger partial charge >= 0.3 is 5.97 Å². The number of carboxylic acid groups (broad SMARTS) is 1. The summed E-state index contributed by atoms with van der Waals surface area (Å²) in [7, 11) is 1.69. The molecule has 20 heavy (non-hydrogen) atoms. The van der Waals surface area contributed by atoms with Gasteiger partial charge in [-0.3, -0.25) is 4.79 Å². The maximum absolute atomic E-state index is 11.3. The molecule has 0 saturated carbocycles. The van der Waals surface area contributed by atoms with E-state index in [4.69, 9.17) is 9.47 Å². The van der Waals surface area contributed by atoms with E-state index in [0.717, 1.165) is 19.3 Å². The number of aliphatic carboxylic acids is 1. The zero-order valence-electron chi connectivity index (χ0n) is 13.6. The molecule has 0 spiro atoms. The first-order chi connectivity index (χ1) is 9.27. The first-order valence-electron chi connectivity index (χ1n) is 7.39. The molecule has 0 aromatic heterocycles. The lowest BCUT2D eigenvalue weighted by Crippen LogP contribution is -2.49. The Morgan fingerprint density at radius 3 is 2.35 bits per heavy atom. The number of ether oxygens (including phenoxy) is 2. The van der Waals surface area contributed by atoms with Gasteiger partial charge < -0.3 is 19.9 Å². The monoisotopic (exact) mass is 289 g/mol. The van der Waals surface area contributed by atoms with Gasteiger partial charge in [0.15, 0.2) is 0 Å². The number of hydrogen-bond acceptors (Lipinski definition) is 4. The lowest BCUT2D eigenvalue weighted by molar-refractivity contribution is -0.144. The third-order valence-electron chi connectivity index (χ3n) is 3.60. The molecule has 0 rings (SSSR count). The first-order valence-corrected chi connectivity index (χ1v) is 7.39. The van der Waals surface area contributed by atoms with Gasteiger partial charge in [0.1, 0.15) is 5.54 Å². The van der Waals surface area contributed by atoms with Crippen molar-refractivity contribution >= 4 is 5.97 Å². The van der Waals surface area contributed by atoms with E-state index in [0.29, 0.717) is 26.2 Å². The summed E-state index contributed by atoms with van der Waals surface area (Å²) in [6.45, 7) is 9.73. The highest BCUT2D eigenvalue weighted by molar-refractivity contribution is 5.78. The molecule has 0 aliphatic carbocycles. The predicted molar refractivity (Wildman–Crippen MR) is 80.1 cm³/mol. The highest BCUT2D eigenvalue weighted by atomic mass is 16.5. The van der Waals surface area contributed by atoms with Gasteiger partial charge in [-0.15, -0.1) is 0 Å². The van der Waals surface area contributed by atoms with E-state index in [1.165, 1.54) is 0 Å². The second-order valence-electron chi connectivity index (χ2n) is 5.99. The summed E-state index contributed by atoms with van der Waals surface area (Å²) >= 11 is 0. The summed E-state index contributed by atoms with van der Waals surface area (Å²) in [5.41, 5.74) is -1.02. The van der Waals surface area contributed by atoms with Gasteiger partial charge in [0, 0.05) is 20.3 Å². The fourth-order valence-electron chi connectivity index (χ4n) is 1.72. The van der Waals surface area contributed by atoms with E-state index in [1.807, 2.05) is 20.8 Å². The Labute approximate surface area is 123 Å². The topological polar surface area (TPSA) is 67.8 Å². The molecule has 120 valence electrons. The van der Waals surface area contributed by atoms with Gasteiger partial charge in [0.25, 0.3) is 0 Å². The zero-order valence-corrected chi connectivity index (χ0v) is 13.6. The molecule has 0 aliphatic rings. The lowest BCUT2D eigenvalue weighted by Gasteiger charge is -2.26. The number of carbonyl (C=O) groups is 1. The van der Waals surface area contributed by atoms with E-state index >= 15 is 0 Å². The van der Waals surface area contributed by atoms with Crippen LogP contribution in [0.1, 0.15) is 53.4 Å². The van der Waals surface area contributed by atoms with E-state index in [1.54, 1.807) is 14.0 Å². The van der Waals surface area contributed by atoms with Crippen LogP contribution >= 0.6 is 0 Å². The van der Waals surface area contributed by atoms with Crippen LogP contribution in [-0.4, -0.2) is 49.1 Å². The number of hydrogen-bond donors (Lipinski definition) is 2. The smallest absolute Gasteiger partial charge is 0.323 e. The number of nitrogens with one attached hydrogen (secondary N) is 1. The summed E-state index contributed by atoms with van der Waals surface area (Å²) in [4.78, 5) is 11.3. The average Bonchev–Trinajstić information content (AvgIpc) is 2.40. The van der Waals surface area contributed by atoms with E-state index in [-0.39, 0.29) is 5.60 Å². The van der Waals surface area contributed by atoms with E-state index < -0.39 is 11.5 Å². The van der Waals surface area contributed by atoms with Gasteiger partial charge in [-0.2, -0.15) is 0 Å². The lowest BCUT2D eigenvalue weighted by atomic mass is 9.96. The van der Waals surface area contributed by atoms with Crippen molar-refractivity contribution in [2.45, 2.75) is 64.5 Å². The van der Waals surface area contributed by atoms with Crippen molar-refractivity contribution in [1.29, 1.82) is 0 Å². The molecule has 0 amide bonds. The third-order valence-corrected chi connectivity index (χ3v) is 3.60. The van der Waals surface area contributed by atoms with Crippen molar-refractivity contribution in [1.82, 2.24) is 5.32 Å². The molecule has 0 aliphatic heterocycles. The molecule has 0 saturated heterocycles. The minimum atomic E-state index is -0.856. The highest BCUT2D eigenvalue weighted by Gasteiger charge is 2.31. The van der Waals surface area contributed by atoms with E-state index in [9.17, 15) is 9.90 Å². The predicted octanol–water partition coefficient (Wildman–Crippen LogP) is 2.44. The van der Waals surface area contributed by atoms with Gasteiger partial charge in [0.2, 0.25) is 0 Å². The minimum Gasteiger partial charge on any atom is -0.480 e. The van der Waals surface area contributed by atoms with Crippen molar-refractivity contribution in [2.24, 2.45) is 0 Å². The Balaban J connectivity index is 3.88. The Hall–Kier alpha value is -0.650. The Morgan fingerprint density at radius 1 is 1.20 bits per heavy atom. The molecule has 0 aromatic rings. The molecule has 0 bridgehead atoms. The second-order valence-corrected chi connectivity index (χ2v) is 5.99. The molecule has 0 radical (unpaired) electrons. The normalized spacial score (nSPS) is 15.1. The van der Waals surface area contributed by atoms with Crippen LogP contribution in [-0.2, 0) is 14.3 Å². The van der Waals surface area contributed by atoms with E-state index in [2.05, 4.69) is 5.32 Å². The Bertz CT molecular complexity index is 281. The fourth-order valence-corrected chi connectivity index (χ4v) is 1.72. The van der Waals surface area contributed by atoms with Crippen LogP contribution in [0.15, 0.2) is 0 Å². The van der Waals surface area contributed by atoms with Crippen LogP contribution in [0.2, 0.25) is 0 Å². The van der Waals surface area contributed by atoms with Crippen molar-refractivity contribution in [3.05, 3.63) is 0 Å². The van der Waals surface area contributed by atoms with Gasteiger partial charge in [-0.1, -0.05) is 6.92 Å². The molecule has 5 nitrogen and oxygen atoms in total. The maximum Gasteiger partial charge on any atom is 0.323 e. The summed E-state index contributed by atoms with van der Waals surface area (Å²) in [5.74, 6) is -0.800. The molecule has 1 unspecified atom stereocenters. The van der Waals surface area contributed by atoms with Crippen LogP contribution in [0, 0.1) is 0 Å². The summed E-state index contributed by atoms with van der Waals surface area (Å²) < 4.78 is 10.9. The molecular formula is C15H31NO4. The maximum atomic E-state index is 11.3. The van der Waals surface area contributed by atoms with Crippen LogP contribution < -0.4 is 5.32 Å². The third kappa shape index (κ3) is 7.82. The molecule has 1 atom stereocenters. The first kappa shape index (κ1) is 19.4. The number of carboxylic acids is 1.